The van der Waals surface area contributed by atoms with Crippen LogP contribution in [0.2, 0.25) is 0 Å². The molecule has 1 aromatic heterocycles. The van der Waals surface area contributed by atoms with E-state index in [2.05, 4.69) is 4.98 Å². The van der Waals surface area contributed by atoms with E-state index >= 15 is 0 Å². The number of alkyl halides is 3. The van der Waals surface area contributed by atoms with Gasteiger partial charge in [-0.2, -0.15) is 13.2 Å². The molecule has 1 saturated heterocycles. The van der Waals surface area contributed by atoms with Gasteiger partial charge in [0.1, 0.15) is 0 Å². The summed E-state index contributed by atoms with van der Waals surface area (Å²) in [7, 11) is 0. The molecule has 3 nitrogen and oxygen atoms in total. The van der Waals surface area contributed by atoms with Crippen LogP contribution in [0.1, 0.15) is 5.56 Å². The highest BCUT2D eigenvalue weighted by atomic mass is 19.4. The van der Waals surface area contributed by atoms with Crippen LogP contribution in [0.5, 0.6) is 0 Å². The molecule has 0 amide bonds. The zero-order valence-corrected chi connectivity index (χ0v) is 9.85. The fraction of sp³-hybridized carbons (Fsp3) is 0.308. The van der Waals surface area contributed by atoms with Crippen molar-refractivity contribution in [2.45, 2.75) is 12.3 Å². The number of nitrogens with zero attached hydrogens (tertiary/aromatic N) is 2. The van der Waals surface area contributed by atoms with Crippen LogP contribution in [-0.4, -0.2) is 29.3 Å². The van der Waals surface area contributed by atoms with Crippen LogP contribution < -0.4 is 4.90 Å². The lowest BCUT2D eigenvalue weighted by atomic mass is 10.1. The van der Waals surface area contributed by atoms with Crippen molar-refractivity contribution >= 4 is 16.6 Å². The van der Waals surface area contributed by atoms with E-state index in [0.29, 0.717) is 24.0 Å². The molecule has 1 N–H and O–H groups in total. The number of hydrogen-bond acceptors (Lipinski definition) is 3. The number of aliphatic hydroxyl groups excluding tert-OH is 1. The zero-order chi connectivity index (χ0) is 13.6. The van der Waals surface area contributed by atoms with Gasteiger partial charge in [-0.1, -0.05) is 6.07 Å². The Bertz CT molecular complexity index is 621. The lowest BCUT2D eigenvalue weighted by Gasteiger charge is -2.38. The van der Waals surface area contributed by atoms with E-state index in [9.17, 15) is 18.3 Å². The molecule has 1 aromatic carbocycles. The van der Waals surface area contributed by atoms with Crippen LogP contribution >= 0.6 is 0 Å². The number of anilines is 1. The highest BCUT2D eigenvalue weighted by Gasteiger charge is 2.31. The van der Waals surface area contributed by atoms with Gasteiger partial charge in [-0.15, -0.1) is 0 Å². The number of halogens is 3. The summed E-state index contributed by atoms with van der Waals surface area (Å²) in [6, 6.07) is 5.30. The van der Waals surface area contributed by atoms with Crippen molar-refractivity contribution in [1.29, 1.82) is 0 Å². The van der Waals surface area contributed by atoms with Gasteiger partial charge in [-0.05, 0) is 18.2 Å². The molecule has 0 spiro atoms. The van der Waals surface area contributed by atoms with E-state index < -0.39 is 11.7 Å². The molecule has 2 heterocycles. The van der Waals surface area contributed by atoms with E-state index in [1.165, 1.54) is 12.3 Å². The van der Waals surface area contributed by atoms with Gasteiger partial charge in [0.15, 0.2) is 0 Å². The maximum absolute atomic E-state index is 12.6. The molecule has 2 aromatic rings. The highest BCUT2D eigenvalue weighted by Crippen LogP contribution is 2.34. The fourth-order valence-corrected chi connectivity index (χ4v) is 2.24. The van der Waals surface area contributed by atoms with Crippen molar-refractivity contribution in [2.24, 2.45) is 0 Å². The number of benzene rings is 1. The van der Waals surface area contributed by atoms with Gasteiger partial charge in [-0.3, -0.25) is 4.98 Å². The Morgan fingerprint density at radius 3 is 2.58 bits per heavy atom. The van der Waals surface area contributed by atoms with Crippen LogP contribution in [-0.2, 0) is 6.18 Å². The molecule has 0 atom stereocenters. The summed E-state index contributed by atoms with van der Waals surface area (Å²) in [6.45, 7) is 1.00. The second-order valence-electron chi connectivity index (χ2n) is 4.62. The van der Waals surface area contributed by atoms with Crippen LogP contribution in [0.15, 0.2) is 30.5 Å². The monoisotopic (exact) mass is 268 g/mol. The minimum Gasteiger partial charge on any atom is -0.389 e. The van der Waals surface area contributed by atoms with Crippen LogP contribution in [0.4, 0.5) is 18.9 Å². The summed E-state index contributed by atoms with van der Waals surface area (Å²) >= 11 is 0. The largest absolute Gasteiger partial charge is 0.416 e. The van der Waals surface area contributed by atoms with Crippen LogP contribution in [0.3, 0.4) is 0 Å². The van der Waals surface area contributed by atoms with Gasteiger partial charge in [0.25, 0.3) is 0 Å². The minimum absolute atomic E-state index is 0.314. The van der Waals surface area contributed by atoms with Gasteiger partial charge in [0.2, 0.25) is 0 Å². The number of aliphatic hydroxyl groups is 1. The Hall–Kier alpha value is -1.82. The lowest BCUT2D eigenvalue weighted by molar-refractivity contribution is -0.137. The van der Waals surface area contributed by atoms with E-state index in [0.717, 1.165) is 17.8 Å². The van der Waals surface area contributed by atoms with E-state index in [1.54, 1.807) is 6.07 Å². The molecule has 0 saturated carbocycles. The Labute approximate surface area is 107 Å². The fourth-order valence-electron chi connectivity index (χ4n) is 2.24. The molecule has 0 bridgehead atoms. The maximum atomic E-state index is 12.6. The summed E-state index contributed by atoms with van der Waals surface area (Å²) in [5, 5.41) is 9.97. The predicted octanol–water partition coefficient (Wildman–Crippen LogP) is 2.43. The summed E-state index contributed by atoms with van der Waals surface area (Å²) in [5.41, 5.74) is 0.422. The third-order valence-electron chi connectivity index (χ3n) is 3.25. The quantitative estimate of drug-likeness (QED) is 0.863. The molecule has 19 heavy (non-hydrogen) atoms. The topological polar surface area (TPSA) is 36.4 Å². The molecule has 1 aliphatic rings. The Morgan fingerprint density at radius 1 is 1.21 bits per heavy atom. The second-order valence-corrected chi connectivity index (χ2v) is 4.62. The summed E-state index contributed by atoms with van der Waals surface area (Å²) in [4.78, 5) is 5.91. The van der Waals surface area contributed by atoms with Crippen molar-refractivity contribution in [2.75, 3.05) is 18.0 Å². The van der Waals surface area contributed by atoms with E-state index in [-0.39, 0.29) is 6.10 Å². The molecule has 1 aliphatic heterocycles. The number of β-amino-alcohol motifs (C(OH)–C–C–N with tert-alkyl or cyclic N) is 1. The standard InChI is InChI=1S/C13H11F3N2O/c14-13(15,16)8-1-2-10-11(5-8)17-4-3-12(10)18-6-9(19)7-18/h1-5,9,19H,6-7H2. The molecular weight excluding hydrogens is 257 g/mol. The number of aromatic nitrogens is 1. The molecule has 100 valence electrons. The first-order valence-electron chi connectivity index (χ1n) is 5.84. The van der Waals surface area contributed by atoms with Crippen molar-refractivity contribution in [1.82, 2.24) is 4.98 Å². The van der Waals surface area contributed by atoms with E-state index in [4.69, 9.17) is 0 Å². The summed E-state index contributed by atoms with van der Waals surface area (Å²) < 4.78 is 37.9. The Kier molecular flexibility index (Phi) is 2.63. The first-order chi connectivity index (χ1) is 8.95. The van der Waals surface area contributed by atoms with E-state index in [1.807, 2.05) is 4.90 Å². The molecule has 0 unspecified atom stereocenters. The number of pyridine rings is 1. The minimum atomic E-state index is -4.36. The average Bonchev–Trinajstić information content (AvgIpc) is 2.33. The third kappa shape index (κ3) is 2.12. The third-order valence-corrected chi connectivity index (χ3v) is 3.25. The van der Waals surface area contributed by atoms with Gasteiger partial charge in [0.05, 0.1) is 17.2 Å². The zero-order valence-electron chi connectivity index (χ0n) is 9.85. The highest BCUT2D eigenvalue weighted by molar-refractivity contribution is 5.92. The average molecular weight is 268 g/mol. The lowest BCUT2D eigenvalue weighted by Crippen LogP contribution is -2.50. The Morgan fingerprint density at radius 2 is 1.95 bits per heavy atom. The molecule has 6 heteroatoms. The molecule has 0 radical (unpaired) electrons. The number of fused-ring (bicyclic) bond motifs is 1. The van der Waals surface area contributed by atoms with Gasteiger partial charge in [-0.25, -0.2) is 0 Å². The summed E-state index contributed by atoms with van der Waals surface area (Å²) in [5.74, 6) is 0. The summed E-state index contributed by atoms with van der Waals surface area (Å²) in [6.07, 6.45) is -3.24. The second kappa shape index (κ2) is 4.09. The van der Waals surface area contributed by atoms with Crippen LogP contribution in [0, 0.1) is 0 Å². The van der Waals surface area contributed by atoms with Crippen molar-refractivity contribution in [3.05, 3.63) is 36.0 Å². The van der Waals surface area contributed by atoms with Crippen molar-refractivity contribution in [3.8, 4) is 0 Å². The normalized spacial score (nSPS) is 16.7. The first-order valence-corrected chi connectivity index (χ1v) is 5.84. The molecule has 1 fully saturated rings. The molecule has 3 rings (SSSR count). The predicted molar refractivity (Wildman–Crippen MR) is 65.0 cm³/mol. The maximum Gasteiger partial charge on any atom is 0.416 e. The van der Waals surface area contributed by atoms with Crippen molar-refractivity contribution < 1.29 is 18.3 Å². The Balaban J connectivity index is 2.07. The van der Waals surface area contributed by atoms with Crippen LogP contribution in [0.25, 0.3) is 10.9 Å². The smallest absolute Gasteiger partial charge is 0.389 e. The van der Waals surface area contributed by atoms with Gasteiger partial charge >= 0.3 is 6.18 Å². The van der Waals surface area contributed by atoms with Gasteiger partial charge in [0, 0.05) is 30.4 Å². The number of hydrogen-bond donors (Lipinski definition) is 1. The first kappa shape index (κ1) is 12.2. The number of rotatable bonds is 1. The SMILES string of the molecule is OC1CN(c2ccnc3cc(C(F)(F)F)ccc23)C1. The van der Waals surface area contributed by atoms with Crippen molar-refractivity contribution in [3.63, 3.8) is 0 Å². The molecular formula is C13H11F3N2O. The molecule has 0 aliphatic carbocycles. The van der Waals surface area contributed by atoms with Gasteiger partial charge < -0.3 is 10.0 Å².